The van der Waals surface area contributed by atoms with E-state index in [2.05, 4.69) is 10.2 Å². The fourth-order valence-corrected chi connectivity index (χ4v) is 1.56. The van der Waals surface area contributed by atoms with E-state index in [1.54, 1.807) is 0 Å². The number of aliphatic carboxylic acids is 1. The molecular formula is C8H16N2O2. The van der Waals surface area contributed by atoms with E-state index in [9.17, 15) is 4.79 Å². The first-order valence-corrected chi connectivity index (χ1v) is 4.29. The summed E-state index contributed by atoms with van der Waals surface area (Å²) in [7, 11) is 2.03. The van der Waals surface area contributed by atoms with Crippen molar-refractivity contribution in [3.63, 3.8) is 0 Å². The van der Waals surface area contributed by atoms with Crippen molar-refractivity contribution in [2.24, 2.45) is 5.92 Å². The summed E-state index contributed by atoms with van der Waals surface area (Å²) < 4.78 is 0. The molecule has 0 aliphatic carbocycles. The topological polar surface area (TPSA) is 52.6 Å². The van der Waals surface area contributed by atoms with Gasteiger partial charge in [-0.05, 0) is 19.5 Å². The average Bonchev–Trinajstić information content (AvgIpc) is 2.12. The van der Waals surface area contributed by atoms with E-state index in [0.29, 0.717) is 0 Å². The Bertz CT molecular complexity index is 161. The Balaban J connectivity index is 2.35. The molecule has 4 nitrogen and oxygen atoms in total. The summed E-state index contributed by atoms with van der Waals surface area (Å²) in [4.78, 5) is 12.6. The number of rotatable bonds is 2. The van der Waals surface area contributed by atoms with E-state index in [0.717, 1.165) is 26.2 Å². The standard InChI is InChI=1S/C8H16N2O2/c1-10-3-2-9-5-7(6-10)4-8(11)12/h7,9H,2-6H2,1H3,(H,11,12). The molecule has 0 aromatic rings. The Kier molecular flexibility index (Phi) is 3.49. The molecule has 1 atom stereocenters. The van der Waals surface area contributed by atoms with Crippen molar-refractivity contribution in [3.8, 4) is 0 Å². The van der Waals surface area contributed by atoms with Gasteiger partial charge in [0.1, 0.15) is 0 Å². The first kappa shape index (κ1) is 9.48. The summed E-state index contributed by atoms with van der Waals surface area (Å²) in [5.74, 6) is -0.438. The van der Waals surface area contributed by atoms with Crippen LogP contribution in [-0.4, -0.2) is 49.2 Å². The zero-order valence-corrected chi connectivity index (χ0v) is 7.42. The Hall–Kier alpha value is -0.610. The van der Waals surface area contributed by atoms with E-state index in [-0.39, 0.29) is 12.3 Å². The minimum absolute atomic E-state index is 0.259. The molecule has 0 bridgehead atoms. The van der Waals surface area contributed by atoms with Crippen LogP contribution in [0.3, 0.4) is 0 Å². The van der Waals surface area contributed by atoms with Crippen LogP contribution in [-0.2, 0) is 4.79 Å². The molecule has 0 spiro atoms. The summed E-state index contributed by atoms with van der Waals surface area (Å²) in [6.07, 6.45) is 0.275. The Morgan fingerprint density at radius 2 is 2.50 bits per heavy atom. The van der Waals surface area contributed by atoms with Gasteiger partial charge in [-0.1, -0.05) is 0 Å². The zero-order chi connectivity index (χ0) is 8.97. The second-order valence-electron chi connectivity index (χ2n) is 3.43. The van der Waals surface area contributed by atoms with Crippen molar-refractivity contribution < 1.29 is 9.90 Å². The lowest BCUT2D eigenvalue weighted by Crippen LogP contribution is -2.27. The normalized spacial score (nSPS) is 26.6. The second-order valence-corrected chi connectivity index (χ2v) is 3.43. The van der Waals surface area contributed by atoms with Gasteiger partial charge in [-0.25, -0.2) is 0 Å². The summed E-state index contributed by atoms with van der Waals surface area (Å²) >= 11 is 0. The van der Waals surface area contributed by atoms with Crippen molar-refractivity contribution in [3.05, 3.63) is 0 Å². The molecule has 1 fully saturated rings. The number of carbonyl (C=O) groups is 1. The van der Waals surface area contributed by atoms with Crippen molar-refractivity contribution in [2.75, 3.05) is 33.2 Å². The number of likely N-dealkylation sites (N-methyl/N-ethyl adjacent to an activating group) is 1. The number of hydrogen-bond donors (Lipinski definition) is 2. The van der Waals surface area contributed by atoms with Crippen molar-refractivity contribution >= 4 is 5.97 Å². The van der Waals surface area contributed by atoms with Crippen LogP contribution in [0, 0.1) is 5.92 Å². The molecule has 1 aliphatic rings. The molecule has 0 saturated carbocycles. The first-order chi connectivity index (χ1) is 5.68. The van der Waals surface area contributed by atoms with Gasteiger partial charge in [-0.15, -0.1) is 0 Å². The van der Waals surface area contributed by atoms with E-state index in [1.807, 2.05) is 7.05 Å². The highest BCUT2D eigenvalue weighted by atomic mass is 16.4. The average molecular weight is 172 g/mol. The smallest absolute Gasteiger partial charge is 0.303 e. The van der Waals surface area contributed by atoms with Crippen LogP contribution in [0.1, 0.15) is 6.42 Å². The highest BCUT2D eigenvalue weighted by Crippen LogP contribution is 2.06. The molecule has 1 saturated heterocycles. The van der Waals surface area contributed by atoms with E-state index >= 15 is 0 Å². The van der Waals surface area contributed by atoms with Crippen molar-refractivity contribution in [2.45, 2.75) is 6.42 Å². The molecule has 1 aliphatic heterocycles. The van der Waals surface area contributed by atoms with Gasteiger partial charge in [0.2, 0.25) is 0 Å². The van der Waals surface area contributed by atoms with Crippen molar-refractivity contribution in [1.29, 1.82) is 0 Å². The predicted molar refractivity (Wildman–Crippen MR) is 46.1 cm³/mol. The molecule has 0 radical (unpaired) electrons. The maximum absolute atomic E-state index is 10.4. The fraction of sp³-hybridized carbons (Fsp3) is 0.875. The highest BCUT2D eigenvalue weighted by Gasteiger charge is 2.17. The quantitative estimate of drug-likeness (QED) is 0.596. The third-order valence-electron chi connectivity index (χ3n) is 2.14. The van der Waals surface area contributed by atoms with E-state index in [4.69, 9.17) is 5.11 Å². The molecule has 70 valence electrons. The minimum Gasteiger partial charge on any atom is -0.481 e. The molecule has 12 heavy (non-hydrogen) atoms. The molecular weight excluding hydrogens is 156 g/mol. The summed E-state index contributed by atoms with van der Waals surface area (Å²) in [6.45, 7) is 3.69. The van der Waals surface area contributed by atoms with Gasteiger partial charge >= 0.3 is 5.97 Å². The lowest BCUT2D eigenvalue weighted by Gasteiger charge is -2.17. The number of nitrogens with zero attached hydrogens (tertiary/aromatic N) is 1. The molecule has 1 unspecified atom stereocenters. The monoisotopic (exact) mass is 172 g/mol. The van der Waals surface area contributed by atoms with E-state index in [1.165, 1.54) is 0 Å². The molecule has 0 aromatic heterocycles. The predicted octanol–water partition coefficient (Wildman–Crippen LogP) is -0.388. The summed E-state index contributed by atoms with van der Waals surface area (Å²) in [5.41, 5.74) is 0. The number of carboxylic acids is 1. The van der Waals surface area contributed by atoms with Crippen LogP contribution < -0.4 is 5.32 Å². The Morgan fingerprint density at radius 3 is 3.17 bits per heavy atom. The highest BCUT2D eigenvalue weighted by molar-refractivity contribution is 5.67. The van der Waals surface area contributed by atoms with Crippen LogP contribution >= 0.6 is 0 Å². The molecule has 2 N–H and O–H groups in total. The van der Waals surface area contributed by atoms with Gasteiger partial charge in [-0.3, -0.25) is 4.79 Å². The van der Waals surface area contributed by atoms with Crippen LogP contribution in [0.2, 0.25) is 0 Å². The van der Waals surface area contributed by atoms with Gasteiger partial charge in [-0.2, -0.15) is 0 Å². The van der Waals surface area contributed by atoms with Gasteiger partial charge in [0, 0.05) is 19.6 Å². The van der Waals surface area contributed by atoms with Gasteiger partial charge < -0.3 is 15.3 Å². The molecule has 0 amide bonds. The third-order valence-corrected chi connectivity index (χ3v) is 2.14. The van der Waals surface area contributed by atoms with Crippen LogP contribution in [0.25, 0.3) is 0 Å². The van der Waals surface area contributed by atoms with Gasteiger partial charge in [0.05, 0.1) is 6.42 Å². The second kappa shape index (κ2) is 4.42. The fourth-order valence-electron chi connectivity index (χ4n) is 1.56. The number of nitrogens with one attached hydrogen (secondary N) is 1. The van der Waals surface area contributed by atoms with Gasteiger partial charge in [0.15, 0.2) is 0 Å². The molecule has 1 heterocycles. The summed E-state index contributed by atoms with van der Waals surface area (Å²) in [6, 6.07) is 0. The molecule has 1 rings (SSSR count). The Morgan fingerprint density at radius 1 is 1.75 bits per heavy atom. The zero-order valence-electron chi connectivity index (χ0n) is 7.42. The minimum atomic E-state index is -0.697. The molecule has 4 heteroatoms. The number of carboxylic acid groups (broad SMARTS) is 1. The SMILES string of the molecule is CN1CCNCC(CC(=O)O)C1. The Labute approximate surface area is 72.6 Å². The van der Waals surface area contributed by atoms with E-state index < -0.39 is 5.97 Å². The summed E-state index contributed by atoms with van der Waals surface area (Å²) in [5, 5.41) is 11.8. The van der Waals surface area contributed by atoms with Crippen molar-refractivity contribution in [1.82, 2.24) is 10.2 Å². The van der Waals surface area contributed by atoms with Crippen LogP contribution in [0.4, 0.5) is 0 Å². The van der Waals surface area contributed by atoms with Gasteiger partial charge in [0.25, 0.3) is 0 Å². The van der Waals surface area contributed by atoms with Crippen LogP contribution in [0.15, 0.2) is 0 Å². The third kappa shape index (κ3) is 3.19. The largest absolute Gasteiger partial charge is 0.481 e. The lowest BCUT2D eigenvalue weighted by molar-refractivity contribution is -0.138. The van der Waals surface area contributed by atoms with Crippen LogP contribution in [0.5, 0.6) is 0 Å². The molecule has 0 aromatic carbocycles. The lowest BCUT2D eigenvalue weighted by atomic mass is 10.1. The number of hydrogen-bond acceptors (Lipinski definition) is 3. The maximum atomic E-state index is 10.4. The maximum Gasteiger partial charge on any atom is 0.303 e. The first-order valence-electron chi connectivity index (χ1n) is 4.29.